The van der Waals surface area contributed by atoms with Gasteiger partial charge in [0.25, 0.3) is 5.91 Å². The van der Waals surface area contributed by atoms with Gasteiger partial charge in [0, 0.05) is 31.9 Å². The number of aliphatic hydroxyl groups is 1. The van der Waals surface area contributed by atoms with E-state index in [1.54, 1.807) is 39.2 Å². The summed E-state index contributed by atoms with van der Waals surface area (Å²) in [7, 11) is 1.71. The van der Waals surface area contributed by atoms with Gasteiger partial charge in [0.05, 0.1) is 17.9 Å². The molecule has 1 unspecified atom stereocenters. The van der Waals surface area contributed by atoms with Crippen LogP contribution in [-0.2, 0) is 13.5 Å². The Morgan fingerprint density at radius 1 is 1.25 bits per heavy atom. The van der Waals surface area contributed by atoms with Crippen molar-refractivity contribution < 1.29 is 18.7 Å². The van der Waals surface area contributed by atoms with Gasteiger partial charge in [-0.1, -0.05) is 19.1 Å². The van der Waals surface area contributed by atoms with Gasteiger partial charge in [0.2, 0.25) is 0 Å². The smallest absolute Gasteiger partial charge is 0.255 e. The highest BCUT2D eigenvalue weighted by Crippen LogP contribution is 2.25. The molecule has 2 heterocycles. The van der Waals surface area contributed by atoms with Crippen LogP contribution in [0.15, 0.2) is 42.7 Å². The van der Waals surface area contributed by atoms with Crippen LogP contribution in [0.5, 0.6) is 0 Å². The number of aromatic nitrogens is 3. The molecule has 0 bridgehead atoms. The molecule has 0 fully saturated rings. The summed E-state index contributed by atoms with van der Waals surface area (Å²) in [6.45, 7) is 4.03. The van der Waals surface area contributed by atoms with E-state index in [9.17, 15) is 18.7 Å². The van der Waals surface area contributed by atoms with E-state index in [4.69, 9.17) is 0 Å². The second-order valence-corrected chi connectivity index (χ2v) is 7.85. The van der Waals surface area contributed by atoms with Crippen molar-refractivity contribution in [1.29, 1.82) is 0 Å². The van der Waals surface area contributed by atoms with Crippen molar-refractivity contribution in [3.8, 4) is 11.3 Å². The number of carbonyl (C=O) groups excluding carboxylic acids is 1. The summed E-state index contributed by atoms with van der Waals surface area (Å²) in [5, 5.41) is 19.5. The lowest BCUT2D eigenvalue weighted by molar-refractivity contribution is 0.0917. The van der Waals surface area contributed by atoms with Gasteiger partial charge in [-0.15, -0.1) is 0 Å². The molecule has 0 spiro atoms. The molecule has 0 aliphatic heterocycles. The number of aryl methyl sites for hydroxylation is 1. The van der Waals surface area contributed by atoms with Crippen LogP contribution < -0.4 is 10.6 Å². The van der Waals surface area contributed by atoms with Crippen LogP contribution in [0.3, 0.4) is 0 Å². The molecule has 1 aromatic carbocycles. The highest BCUT2D eigenvalue weighted by Gasteiger charge is 2.20. The van der Waals surface area contributed by atoms with Crippen molar-refractivity contribution in [3.05, 3.63) is 65.5 Å². The second-order valence-electron chi connectivity index (χ2n) is 7.85. The molecule has 3 rings (SSSR count). The fraction of sp³-hybridized carbons (Fsp3) is 0.348. The van der Waals surface area contributed by atoms with Gasteiger partial charge in [-0.2, -0.15) is 5.10 Å². The fourth-order valence-corrected chi connectivity index (χ4v) is 3.08. The lowest BCUT2D eigenvalue weighted by Crippen LogP contribution is -2.33. The zero-order valence-corrected chi connectivity index (χ0v) is 18.3. The quantitative estimate of drug-likeness (QED) is 0.473. The minimum atomic E-state index is -0.651. The van der Waals surface area contributed by atoms with Crippen molar-refractivity contribution in [1.82, 2.24) is 20.1 Å². The lowest BCUT2D eigenvalue weighted by Gasteiger charge is -2.17. The number of nitrogens with zero attached hydrogens (tertiary/aromatic N) is 3. The third-order valence-corrected chi connectivity index (χ3v) is 5.20. The lowest BCUT2D eigenvalue weighted by atomic mass is 10.1. The second kappa shape index (κ2) is 10.3. The van der Waals surface area contributed by atoms with Crippen molar-refractivity contribution >= 4 is 11.7 Å². The van der Waals surface area contributed by atoms with Gasteiger partial charge < -0.3 is 15.7 Å². The maximum absolute atomic E-state index is 14.9. The highest BCUT2D eigenvalue weighted by atomic mass is 19.1. The average Bonchev–Trinajstić information content (AvgIpc) is 3.18. The molecule has 9 heteroatoms. The molecule has 1 amide bonds. The molecule has 0 saturated heterocycles. The first-order valence-electron chi connectivity index (χ1n) is 10.4. The van der Waals surface area contributed by atoms with Gasteiger partial charge in [0.15, 0.2) is 5.82 Å². The maximum Gasteiger partial charge on any atom is 0.255 e. The summed E-state index contributed by atoms with van der Waals surface area (Å²) in [4.78, 5) is 17.1. The Balaban J connectivity index is 1.84. The van der Waals surface area contributed by atoms with E-state index in [0.29, 0.717) is 18.5 Å². The van der Waals surface area contributed by atoms with E-state index >= 15 is 0 Å². The normalized spacial score (nSPS) is 12.9. The molecule has 0 aliphatic carbocycles. The minimum absolute atomic E-state index is 0.0483. The molecular formula is C23H27F2N5O2. The van der Waals surface area contributed by atoms with Gasteiger partial charge in [-0.25, -0.2) is 13.8 Å². The van der Waals surface area contributed by atoms with E-state index in [1.807, 2.05) is 0 Å². The first-order valence-corrected chi connectivity index (χ1v) is 10.4. The average molecular weight is 443 g/mol. The van der Waals surface area contributed by atoms with Crippen LogP contribution in [0.4, 0.5) is 14.6 Å². The molecule has 3 N–H and O–H groups in total. The number of pyridine rings is 1. The number of rotatable bonds is 9. The van der Waals surface area contributed by atoms with Crippen LogP contribution >= 0.6 is 0 Å². The molecule has 7 nitrogen and oxygen atoms in total. The topological polar surface area (TPSA) is 92.1 Å². The molecule has 2 aromatic heterocycles. The summed E-state index contributed by atoms with van der Waals surface area (Å²) < 4.78 is 29.8. The van der Waals surface area contributed by atoms with Crippen molar-refractivity contribution in [2.24, 2.45) is 13.0 Å². The number of aliphatic hydroxyl groups excluding tert-OH is 1. The van der Waals surface area contributed by atoms with Gasteiger partial charge >= 0.3 is 0 Å². The summed E-state index contributed by atoms with van der Waals surface area (Å²) in [5.41, 5.74) is 1.38. The van der Waals surface area contributed by atoms with Crippen LogP contribution in [0.2, 0.25) is 0 Å². The van der Waals surface area contributed by atoms with Crippen LogP contribution in [0, 0.1) is 17.6 Å². The monoisotopic (exact) mass is 443 g/mol. The van der Waals surface area contributed by atoms with Crippen molar-refractivity contribution in [3.63, 3.8) is 0 Å². The van der Waals surface area contributed by atoms with Gasteiger partial charge in [0.1, 0.15) is 17.3 Å². The summed E-state index contributed by atoms with van der Waals surface area (Å²) in [6, 6.07) is 7.38. The van der Waals surface area contributed by atoms with E-state index in [1.165, 1.54) is 23.0 Å². The fourth-order valence-electron chi connectivity index (χ4n) is 3.08. The standard InChI is InChI=1S/C23H27F2N5O2/c1-14(15(2)31)11-27-23(32)19-10-20(25)21(17-12-28-30(3)13-17)29-22(19)26-8-7-16-5-4-6-18(24)9-16/h4-6,9-10,12-15,31H,7-8,11H2,1-3H3,(H,26,29)(H,27,32)/t14-,15?/m1/s1. The Morgan fingerprint density at radius 3 is 2.69 bits per heavy atom. The molecule has 2 atom stereocenters. The molecule has 3 aromatic rings. The molecule has 0 aliphatic rings. The first-order chi connectivity index (χ1) is 15.2. The Morgan fingerprint density at radius 2 is 2.03 bits per heavy atom. The number of hydrogen-bond donors (Lipinski definition) is 3. The van der Waals surface area contributed by atoms with Crippen LogP contribution in [-0.4, -0.2) is 45.0 Å². The van der Waals surface area contributed by atoms with E-state index in [0.717, 1.165) is 11.6 Å². The van der Waals surface area contributed by atoms with Gasteiger partial charge in [-0.3, -0.25) is 9.48 Å². The largest absolute Gasteiger partial charge is 0.393 e. The number of amides is 1. The number of halogens is 2. The first kappa shape index (κ1) is 23.3. The number of anilines is 1. The van der Waals surface area contributed by atoms with Gasteiger partial charge in [-0.05, 0) is 43.0 Å². The molecular weight excluding hydrogens is 416 g/mol. The molecule has 0 radical (unpaired) electrons. The van der Waals surface area contributed by atoms with Crippen molar-refractivity contribution in [2.45, 2.75) is 26.4 Å². The predicted molar refractivity (Wildman–Crippen MR) is 118 cm³/mol. The summed E-state index contributed by atoms with van der Waals surface area (Å²) >= 11 is 0. The SMILES string of the molecule is CC(O)[C@H](C)CNC(=O)c1cc(F)c(-c2cnn(C)c2)nc1NCCc1cccc(F)c1. The number of nitrogens with one attached hydrogen (secondary N) is 2. The Hall–Kier alpha value is -3.33. The third kappa shape index (κ3) is 5.88. The van der Waals surface area contributed by atoms with Crippen molar-refractivity contribution in [2.75, 3.05) is 18.4 Å². The summed E-state index contributed by atoms with van der Waals surface area (Å²) in [5.74, 6) is -1.44. The molecule has 32 heavy (non-hydrogen) atoms. The van der Waals surface area contributed by atoms with E-state index in [-0.39, 0.29) is 35.4 Å². The predicted octanol–water partition coefficient (Wildman–Crippen LogP) is 3.16. The Labute approximate surface area is 185 Å². The van der Waals surface area contributed by atoms with Crippen LogP contribution in [0.1, 0.15) is 29.8 Å². The van der Waals surface area contributed by atoms with Crippen LogP contribution in [0.25, 0.3) is 11.3 Å². The highest BCUT2D eigenvalue weighted by molar-refractivity contribution is 5.99. The molecule has 0 saturated carbocycles. The zero-order valence-electron chi connectivity index (χ0n) is 18.3. The van der Waals surface area contributed by atoms with E-state index in [2.05, 4.69) is 20.7 Å². The minimum Gasteiger partial charge on any atom is -0.393 e. The Bertz CT molecular complexity index is 1080. The number of carbonyl (C=O) groups is 1. The third-order valence-electron chi connectivity index (χ3n) is 5.20. The Kier molecular flexibility index (Phi) is 7.53. The molecule has 170 valence electrons. The number of hydrogen-bond acceptors (Lipinski definition) is 5. The zero-order chi connectivity index (χ0) is 23.3. The summed E-state index contributed by atoms with van der Waals surface area (Å²) in [6.07, 6.45) is 3.01. The maximum atomic E-state index is 14.9. The van der Waals surface area contributed by atoms with E-state index < -0.39 is 17.8 Å². The number of benzene rings is 1.